The lowest BCUT2D eigenvalue weighted by Crippen LogP contribution is -2.46. The van der Waals surface area contributed by atoms with Gasteiger partial charge in [0.25, 0.3) is 0 Å². The summed E-state index contributed by atoms with van der Waals surface area (Å²) in [5, 5.41) is 17.2. The highest BCUT2D eigenvalue weighted by atomic mass is 16.5. The molecule has 1 saturated heterocycles. The number of aliphatic imine (C=N–C) groups is 1. The van der Waals surface area contributed by atoms with Crippen LogP contribution in [-0.2, 0) is 0 Å². The van der Waals surface area contributed by atoms with Gasteiger partial charge in [0, 0.05) is 13.1 Å². The summed E-state index contributed by atoms with van der Waals surface area (Å²) in [4.78, 5) is 7.22. The summed E-state index contributed by atoms with van der Waals surface area (Å²) in [7, 11) is 1.70. The molecular weight excluding hydrogens is 352 g/mol. The number of rotatable bonds is 8. The number of nitrogens with one attached hydrogen (secondary N) is 2. The molecular formula is C22H36N4O2. The number of likely N-dealkylation sites (tertiary alicyclic amines) is 1. The molecule has 1 heterocycles. The van der Waals surface area contributed by atoms with Crippen LogP contribution in [0.25, 0.3) is 0 Å². The Kier molecular flexibility index (Phi) is 7.57. The van der Waals surface area contributed by atoms with Gasteiger partial charge in [-0.05, 0) is 69.8 Å². The molecule has 1 aromatic rings. The highest BCUT2D eigenvalue weighted by Gasteiger charge is 2.34. The fourth-order valence-electron chi connectivity index (χ4n) is 4.02. The number of piperidine rings is 1. The maximum Gasteiger partial charge on any atom is 0.191 e. The average Bonchev–Trinajstić information content (AvgIpc) is 2.72. The first-order valence-electron chi connectivity index (χ1n) is 10.8. The zero-order valence-electron chi connectivity index (χ0n) is 17.4. The lowest BCUT2D eigenvalue weighted by Gasteiger charge is -2.36. The number of methoxy groups -OCH3 is 1. The molecule has 2 fully saturated rings. The Labute approximate surface area is 169 Å². The van der Waals surface area contributed by atoms with Gasteiger partial charge in [-0.3, -0.25) is 9.89 Å². The van der Waals surface area contributed by atoms with E-state index in [0.717, 1.165) is 57.2 Å². The number of nitrogens with zero attached hydrogens (tertiary/aromatic N) is 2. The number of benzene rings is 1. The summed E-state index contributed by atoms with van der Waals surface area (Å²) in [6.45, 7) is 6.40. The van der Waals surface area contributed by atoms with Crippen molar-refractivity contribution < 1.29 is 9.84 Å². The molecule has 0 spiro atoms. The van der Waals surface area contributed by atoms with Crippen LogP contribution in [0.5, 0.6) is 5.75 Å². The van der Waals surface area contributed by atoms with Crippen molar-refractivity contribution in [1.29, 1.82) is 0 Å². The fourth-order valence-corrected chi connectivity index (χ4v) is 4.02. The lowest BCUT2D eigenvalue weighted by molar-refractivity contribution is -0.0236. The molecule has 3 rings (SSSR count). The van der Waals surface area contributed by atoms with Gasteiger partial charge in [-0.15, -0.1) is 0 Å². The zero-order valence-corrected chi connectivity index (χ0v) is 17.4. The van der Waals surface area contributed by atoms with Crippen molar-refractivity contribution in [2.75, 3.05) is 39.8 Å². The lowest BCUT2D eigenvalue weighted by atomic mass is 9.80. The van der Waals surface area contributed by atoms with E-state index in [2.05, 4.69) is 39.6 Å². The third-order valence-electron chi connectivity index (χ3n) is 5.95. The number of ether oxygens (including phenoxy) is 1. The van der Waals surface area contributed by atoms with Crippen molar-refractivity contribution in [2.45, 2.75) is 57.1 Å². The molecule has 1 unspecified atom stereocenters. The smallest absolute Gasteiger partial charge is 0.191 e. The van der Waals surface area contributed by atoms with Gasteiger partial charge in [0.2, 0.25) is 0 Å². The molecule has 2 aliphatic rings. The maximum absolute atomic E-state index is 10.4. The van der Waals surface area contributed by atoms with Crippen molar-refractivity contribution in [3.8, 4) is 5.75 Å². The predicted molar refractivity (Wildman–Crippen MR) is 114 cm³/mol. The molecule has 156 valence electrons. The van der Waals surface area contributed by atoms with Crippen LogP contribution in [0.1, 0.15) is 57.1 Å². The Bertz CT molecular complexity index is 622. The quantitative estimate of drug-likeness (QED) is 0.472. The summed E-state index contributed by atoms with van der Waals surface area (Å²) in [5.74, 6) is 1.68. The van der Waals surface area contributed by atoms with Crippen LogP contribution in [0, 0.1) is 0 Å². The minimum Gasteiger partial charge on any atom is -0.497 e. The van der Waals surface area contributed by atoms with Gasteiger partial charge in [-0.25, -0.2) is 0 Å². The molecule has 1 aromatic carbocycles. The molecule has 1 aliphatic heterocycles. The first kappa shape index (κ1) is 20.9. The second kappa shape index (κ2) is 10.1. The van der Waals surface area contributed by atoms with Crippen LogP contribution in [0.2, 0.25) is 0 Å². The topological polar surface area (TPSA) is 69.1 Å². The van der Waals surface area contributed by atoms with Crippen molar-refractivity contribution in [2.24, 2.45) is 4.99 Å². The van der Waals surface area contributed by atoms with Gasteiger partial charge in [0.05, 0.1) is 25.3 Å². The van der Waals surface area contributed by atoms with E-state index in [-0.39, 0.29) is 0 Å². The monoisotopic (exact) mass is 388 g/mol. The number of hydrogen-bond donors (Lipinski definition) is 3. The Balaban J connectivity index is 1.68. The summed E-state index contributed by atoms with van der Waals surface area (Å²) < 4.78 is 5.32. The molecule has 0 bridgehead atoms. The van der Waals surface area contributed by atoms with Crippen LogP contribution >= 0.6 is 0 Å². The van der Waals surface area contributed by atoms with Crippen LogP contribution in [0.3, 0.4) is 0 Å². The minimum atomic E-state index is -0.593. The van der Waals surface area contributed by atoms with E-state index in [0.29, 0.717) is 12.6 Å². The van der Waals surface area contributed by atoms with Gasteiger partial charge >= 0.3 is 0 Å². The van der Waals surface area contributed by atoms with Gasteiger partial charge < -0.3 is 20.5 Å². The first-order chi connectivity index (χ1) is 13.6. The second-order valence-electron chi connectivity index (χ2n) is 8.04. The largest absolute Gasteiger partial charge is 0.497 e. The summed E-state index contributed by atoms with van der Waals surface area (Å²) in [6, 6.07) is 8.71. The normalized spacial score (nSPS) is 20.9. The molecule has 1 aliphatic carbocycles. The highest BCUT2D eigenvalue weighted by Crippen LogP contribution is 2.31. The SMILES string of the molecule is CCNC(=NCC1(O)CCC1)NCC(c1ccc(OC)cc1)N1CCCCC1. The third kappa shape index (κ3) is 5.61. The van der Waals surface area contributed by atoms with E-state index in [4.69, 9.17) is 4.74 Å². The van der Waals surface area contributed by atoms with Gasteiger partial charge in [-0.2, -0.15) is 0 Å². The Hall–Kier alpha value is -1.79. The third-order valence-corrected chi connectivity index (χ3v) is 5.95. The zero-order chi connectivity index (χ0) is 19.8. The van der Waals surface area contributed by atoms with Gasteiger partial charge in [-0.1, -0.05) is 18.6 Å². The van der Waals surface area contributed by atoms with E-state index in [1.54, 1.807) is 7.11 Å². The number of hydrogen-bond acceptors (Lipinski definition) is 4. The van der Waals surface area contributed by atoms with E-state index >= 15 is 0 Å². The van der Waals surface area contributed by atoms with Crippen molar-refractivity contribution in [3.05, 3.63) is 29.8 Å². The van der Waals surface area contributed by atoms with Crippen LogP contribution in [0.15, 0.2) is 29.3 Å². The number of aliphatic hydroxyl groups is 1. The summed E-state index contributed by atoms with van der Waals surface area (Å²) in [5.41, 5.74) is 0.702. The Morgan fingerprint density at radius 2 is 1.86 bits per heavy atom. The van der Waals surface area contributed by atoms with Crippen molar-refractivity contribution in [3.63, 3.8) is 0 Å². The van der Waals surface area contributed by atoms with Gasteiger partial charge in [0.1, 0.15) is 5.75 Å². The molecule has 6 heteroatoms. The second-order valence-corrected chi connectivity index (χ2v) is 8.04. The molecule has 0 radical (unpaired) electrons. The summed E-state index contributed by atoms with van der Waals surface area (Å²) in [6.07, 6.45) is 6.66. The molecule has 0 amide bonds. The van der Waals surface area contributed by atoms with E-state index in [1.807, 2.05) is 12.1 Å². The molecule has 6 nitrogen and oxygen atoms in total. The predicted octanol–water partition coefficient (Wildman–Crippen LogP) is 2.69. The highest BCUT2D eigenvalue weighted by molar-refractivity contribution is 5.79. The fraction of sp³-hybridized carbons (Fsp3) is 0.682. The van der Waals surface area contributed by atoms with Gasteiger partial charge in [0.15, 0.2) is 5.96 Å². The van der Waals surface area contributed by atoms with E-state index in [1.165, 1.54) is 24.8 Å². The van der Waals surface area contributed by atoms with Crippen LogP contribution in [-0.4, -0.2) is 61.4 Å². The minimum absolute atomic E-state index is 0.293. The first-order valence-corrected chi connectivity index (χ1v) is 10.8. The molecule has 1 atom stereocenters. The summed E-state index contributed by atoms with van der Waals surface area (Å²) >= 11 is 0. The molecule has 0 aromatic heterocycles. The molecule has 28 heavy (non-hydrogen) atoms. The maximum atomic E-state index is 10.4. The molecule has 1 saturated carbocycles. The van der Waals surface area contributed by atoms with E-state index in [9.17, 15) is 5.11 Å². The Morgan fingerprint density at radius 3 is 2.43 bits per heavy atom. The van der Waals surface area contributed by atoms with Crippen LogP contribution in [0.4, 0.5) is 0 Å². The Morgan fingerprint density at radius 1 is 1.14 bits per heavy atom. The average molecular weight is 389 g/mol. The number of guanidine groups is 1. The molecule has 3 N–H and O–H groups in total. The standard InChI is InChI=1S/C22H36N4O2/c1-3-23-21(25-17-22(27)12-7-13-22)24-16-20(26-14-5-4-6-15-26)18-8-10-19(28-2)11-9-18/h8-11,20,27H,3-7,12-17H2,1-2H3,(H2,23,24,25). The van der Waals surface area contributed by atoms with Crippen molar-refractivity contribution in [1.82, 2.24) is 15.5 Å². The van der Waals surface area contributed by atoms with Crippen molar-refractivity contribution >= 4 is 5.96 Å². The van der Waals surface area contributed by atoms with Crippen LogP contribution < -0.4 is 15.4 Å². The van der Waals surface area contributed by atoms with E-state index < -0.39 is 5.60 Å².